The first-order valence-corrected chi connectivity index (χ1v) is 8.41. The van der Waals surface area contributed by atoms with Crippen LogP contribution in [0.2, 0.25) is 0 Å². The molecule has 0 N–H and O–H groups in total. The number of rotatable bonds is 3. The highest BCUT2D eigenvalue weighted by Gasteiger charge is 2.13. The molecule has 112 valence electrons. The van der Waals surface area contributed by atoms with Gasteiger partial charge in [0.1, 0.15) is 0 Å². The molecule has 1 aliphatic carbocycles. The van der Waals surface area contributed by atoms with E-state index in [0.29, 0.717) is 0 Å². The molecule has 1 fully saturated rings. The Kier molecular flexibility index (Phi) is 15.2. The lowest BCUT2D eigenvalue weighted by molar-refractivity contribution is 0.308. The Hall–Kier alpha value is 0. The standard InChI is InChI=1S/C8H16.C8H18.C2H6/c1-7-3-5-8(2)6-4-7;1-7(2)5-6-8(3)4;1-2/h7-8H,3-6H2,1-2H3;7-8H,5-6H2,1-4H3;1-2H3. The molecule has 0 radical (unpaired) electrons. The maximum Gasteiger partial charge on any atom is -0.0443 e. The van der Waals surface area contributed by atoms with Crippen LogP contribution in [-0.4, -0.2) is 0 Å². The second-order valence-electron chi connectivity index (χ2n) is 6.73. The van der Waals surface area contributed by atoms with Crippen molar-refractivity contribution in [2.24, 2.45) is 23.7 Å². The summed E-state index contributed by atoms with van der Waals surface area (Å²) in [6, 6.07) is 0. The Morgan fingerprint density at radius 2 is 0.889 bits per heavy atom. The number of hydrogen-bond donors (Lipinski definition) is 0. The van der Waals surface area contributed by atoms with E-state index in [-0.39, 0.29) is 0 Å². The molecule has 0 aliphatic heterocycles. The van der Waals surface area contributed by atoms with E-state index in [2.05, 4.69) is 41.5 Å². The van der Waals surface area contributed by atoms with E-state index in [1.54, 1.807) is 0 Å². The molecular weight excluding hydrogens is 216 g/mol. The molecule has 0 aromatic carbocycles. The van der Waals surface area contributed by atoms with E-state index in [1.165, 1.54) is 38.5 Å². The molecule has 0 atom stereocenters. The van der Waals surface area contributed by atoms with Crippen molar-refractivity contribution < 1.29 is 0 Å². The summed E-state index contributed by atoms with van der Waals surface area (Å²) in [5.41, 5.74) is 0. The van der Waals surface area contributed by atoms with Gasteiger partial charge in [-0.1, -0.05) is 93.9 Å². The van der Waals surface area contributed by atoms with E-state index in [0.717, 1.165) is 23.7 Å². The molecule has 0 bridgehead atoms. The van der Waals surface area contributed by atoms with Crippen molar-refractivity contribution in [3.63, 3.8) is 0 Å². The molecule has 0 heteroatoms. The third-order valence-corrected chi connectivity index (χ3v) is 3.63. The second kappa shape index (κ2) is 13.4. The molecule has 0 aromatic rings. The monoisotopic (exact) mass is 256 g/mol. The normalized spacial score (nSPS) is 23.0. The molecule has 0 nitrogen and oxygen atoms in total. The molecular formula is C18H40. The Labute approximate surface area is 118 Å². The first-order chi connectivity index (χ1) is 8.41. The van der Waals surface area contributed by atoms with E-state index in [4.69, 9.17) is 0 Å². The topological polar surface area (TPSA) is 0 Å². The smallest absolute Gasteiger partial charge is 0.0443 e. The van der Waals surface area contributed by atoms with Crippen LogP contribution < -0.4 is 0 Å². The SMILES string of the molecule is CC.CC(C)CCC(C)C.CC1CCC(C)CC1. The fourth-order valence-corrected chi connectivity index (χ4v) is 2.09. The minimum absolute atomic E-state index is 0.886. The summed E-state index contributed by atoms with van der Waals surface area (Å²) in [4.78, 5) is 0. The third kappa shape index (κ3) is 16.0. The van der Waals surface area contributed by atoms with Gasteiger partial charge in [0, 0.05) is 0 Å². The van der Waals surface area contributed by atoms with Crippen molar-refractivity contribution in [1.29, 1.82) is 0 Å². The summed E-state index contributed by atoms with van der Waals surface area (Å²) < 4.78 is 0. The van der Waals surface area contributed by atoms with Crippen LogP contribution in [0.5, 0.6) is 0 Å². The van der Waals surface area contributed by atoms with Crippen LogP contribution in [0.3, 0.4) is 0 Å². The molecule has 0 heterocycles. The minimum atomic E-state index is 0.886. The van der Waals surface area contributed by atoms with Gasteiger partial charge in [0.15, 0.2) is 0 Å². The van der Waals surface area contributed by atoms with E-state index >= 15 is 0 Å². The van der Waals surface area contributed by atoms with Crippen LogP contribution in [0.4, 0.5) is 0 Å². The van der Waals surface area contributed by atoms with Crippen LogP contribution in [0.1, 0.15) is 93.9 Å². The molecule has 0 aromatic heterocycles. The van der Waals surface area contributed by atoms with Crippen molar-refractivity contribution in [2.45, 2.75) is 93.9 Å². The summed E-state index contributed by atoms with van der Waals surface area (Å²) in [6.45, 7) is 17.9. The molecule has 1 saturated carbocycles. The van der Waals surface area contributed by atoms with Crippen molar-refractivity contribution in [1.82, 2.24) is 0 Å². The van der Waals surface area contributed by atoms with Crippen LogP contribution in [-0.2, 0) is 0 Å². The first kappa shape index (κ1) is 20.3. The maximum atomic E-state index is 2.37. The van der Waals surface area contributed by atoms with Gasteiger partial charge in [-0.15, -0.1) is 0 Å². The minimum Gasteiger partial charge on any atom is -0.0683 e. The Morgan fingerprint density at radius 1 is 0.667 bits per heavy atom. The first-order valence-electron chi connectivity index (χ1n) is 8.41. The summed E-state index contributed by atoms with van der Waals surface area (Å²) in [5.74, 6) is 3.81. The van der Waals surface area contributed by atoms with Crippen LogP contribution >= 0.6 is 0 Å². The number of hydrogen-bond acceptors (Lipinski definition) is 0. The van der Waals surface area contributed by atoms with Crippen molar-refractivity contribution in [3.8, 4) is 0 Å². The molecule has 0 amide bonds. The zero-order chi connectivity index (χ0) is 14.6. The molecule has 18 heavy (non-hydrogen) atoms. The molecule has 0 saturated heterocycles. The lowest BCUT2D eigenvalue weighted by Gasteiger charge is -2.22. The van der Waals surface area contributed by atoms with Crippen LogP contribution in [0.15, 0.2) is 0 Å². The largest absolute Gasteiger partial charge is 0.0683 e. The maximum absolute atomic E-state index is 2.37. The fourth-order valence-electron chi connectivity index (χ4n) is 2.09. The lowest BCUT2D eigenvalue weighted by atomic mass is 9.84. The van der Waals surface area contributed by atoms with Crippen LogP contribution in [0.25, 0.3) is 0 Å². The Balaban J connectivity index is 0. The van der Waals surface area contributed by atoms with Gasteiger partial charge in [-0.05, 0) is 23.7 Å². The van der Waals surface area contributed by atoms with E-state index < -0.39 is 0 Å². The Bertz CT molecular complexity index is 120. The van der Waals surface area contributed by atoms with Crippen molar-refractivity contribution in [2.75, 3.05) is 0 Å². The second-order valence-corrected chi connectivity index (χ2v) is 6.73. The highest BCUT2D eigenvalue weighted by molar-refractivity contribution is 4.65. The predicted molar refractivity (Wildman–Crippen MR) is 87.1 cm³/mol. The van der Waals surface area contributed by atoms with Gasteiger partial charge < -0.3 is 0 Å². The van der Waals surface area contributed by atoms with Crippen molar-refractivity contribution in [3.05, 3.63) is 0 Å². The van der Waals surface area contributed by atoms with Gasteiger partial charge in [0.25, 0.3) is 0 Å². The molecule has 0 unspecified atom stereocenters. The Morgan fingerprint density at radius 3 is 1.06 bits per heavy atom. The van der Waals surface area contributed by atoms with Gasteiger partial charge in [0.2, 0.25) is 0 Å². The highest BCUT2D eigenvalue weighted by Crippen LogP contribution is 2.27. The fraction of sp³-hybridized carbons (Fsp3) is 1.00. The molecule has 1 rings (SSSR count). The molecule has 0 spiro atoms. The van der Waals surface area contributed by atoms with E-state index in [1.807, 2.05) is 13.8 Å². The van der Waals surface area contributed by atoms with Gasteiger partial charge in [-0.3, -0.25) is 0 Å². The highest BCUT2D eigenvalue weighted by atomic mass is 14.2. The molecule has 1 aliphatic rings. The summed E-state index contributed by atoms with van der Waals surface area (Å²) in [7, 11) is 0. The summed E-state index contributed by atoms with van der Waals surface area (Å²) in [6.07, 6.45) is 8.67. The zero-order valence-electron chi connectivity index (χ0n) is 14.6. The third-order valence-electron chi connectivity index (χ3n) is 3.63. The average molecular weight is 257 g/mol. The summed E-state index contributed by atoms with van der Waals surface area (Å²) >= 11 is 0. The van der Waals surface area contributed by atoms with Crippen molar-refractivity contribution >= 4 is 0 Å². The van der Waals surface area contributed by atoms with E-state index in [9.17, 15) is 0 Å². The van der Waals surface area contributed by atoms with Gasteiger partial charge in [0.05, 0.1) is 0 Å². The quantitative estimate of drug-likeness (QED) is 0.513. The average Bonchev–Trinajstić information content (AvgIpc) is 2.34. The lowest BCUT2D eigenvalue weighted by Crippen LogP contribution is -2.08. The zero-order valence-corrected chi connectivity index (χ0v) is 14.6. The summed E-state index contributed by atoms with van der Waals surface area (Å²) in [5, 5.41) is 0. The van der Waals surface area contributed by atoms with Gasteiger partial charge in [-0.2, -0.15) is 0 Å². The van der Waals surface area contributed by atoms with Gasteiger partial charge >= 0.3 is 0 Å². The van der Waals surface area contributed by atoms with Crippen LogP contribution in [0, 0.1) is 23.7 Å². The van der Waals surface area contributed by atoms with Gasteiger partial charge in [-0.25, -0.2) is 0 Å². The predicted octanol–water partition coefficient (Wildman–Crippen LogP) is 6.94.